The van der Waals surface area contributed by atoms with E-state index in [0.717, 1.165) is 0 Å². The van der Waals surface area contributed by atoms with E-state index < -0.39 is 24.9 Å². The Hall–Kier alpha value is -0.590. The highest BCUT2D eigenvalue weighted by atomic mass is 79.9. The Bertz CT molecular complexity index is 387. The maximum Gasteiger partial charge on any atom is 0.282 e. The molecule has 2 N–H and O–H groups in total. The van der Waals surface area contributed by atoms with E-state index in [4.69, 9.17) is 5.11 Å². The molecular weight excluding hydrogens is 299 g/mol. The van der Waals surface area contributed by atoms with Crippen LogP contribution in [0.1, 0.15) is 18.5 Å². The van der Waals surface area contributed by atoms with Crippen LogP contribution in [0.5, 0.6) is 0 Å². The predicted molar refractivity (Wildman–Crippen MR) is 62.6 cm³/mol. The summed E-state index contributed by atoms with van der Waals surface area (Å²) in [6.45, 7) is -0.132. The molecule has 0 aliphatic heterocycles. The molecule has 0 saturated carbocycles. The van der Waals surface area contributed by atoms with Crippen molar-refractivity contribution in [2.45, 2.75) is 18.9 Å². The molecule has 1 atom stereocenters. The fourth-order valence-corrected chi connectivity index (χ4v) is 1.65. The minimum Gasteiger partial charge on any atom is -0.390 e. The maximum atomic E-state index is 13.0. The number of hydrogen-bond donors (Lipinski definition) is 2. The molecule has 0 heterocycles. The normalized spacial score (nSPS) is 13.8. The van der Waals surface area contributed by atoms with Crippen LogP contribution in [0.2, 0.25) is 0 Å². The van der Waals surface area contributed by atoms with Crippen molar-refractivity contribution in [1.29, 1.82) is 0 Å². The van der Waals surface area contributed by atoms with Crippen molar-refractivity contribution >= 4 is 15.9 Å². The number of alkyl halides is 2. The summed E-state index contributed by atoms with van der Waals surface area (Å²) in [7, 11) is 0. The topological polar surface area (TPSA) is 32.3 Å². The fourth-order valence-electron chi connectivity index (χ4n) is 1.26. The molecule has 0 radical (unpaired) electrons. The maximum absolute atomic E-state index is 13.0. The number of halogens is 4. The average Bonchev–Trinajstić information content (AvgIpc) is 2.30. The molecular formula is C11H13BrF3NO. The summed E-state index contributed by atoms with van der Waals surface area (Å²) >= 11 is 3.03. The molecule has 1 rings (SSSR count). The minimum atomic E-state index is -3.15. The lowest BCUT2D eigenvalue weighted by Crippen LogP contribution is -2.37. The van der Waals surface area contributed by atoms with Crippen LogP contribution in [-0.2, 0) is 0 Å². The van der Waals surface area contributed by atoms with Crippen LogP contribution < -0.4 is 5.32 Å². The summed E-state index contributed by atoms with van der Waals surface area (Å²) < 4.78 is 38.8. The van der Waals surface area contributed by atoms with Gasteiger partial charge in [0.2, 0.25) is 0 Å². The molecule has 1 aromatic rings. The van der Waals surface area contributed by atoms with Crippen molar-refractivity contribution in [3.8, 4) is 0 Å². The monoisotopic (exact) mass is 311 g/mol. The molecule has 0 aliphatic carbocycles. The third-order valence-corrected chi connectivity index (χ3v) is 2.95. The second-order valence-electron chi connectivity index (χ2n) is 3.79. The van der Waals surface area contributed by atoms with Gasteiger partial charge in [-0.3, -0.25) is 0 Å². The zero-order valence-electron chi connectivity index (χ0n) is 9.18. The van der Waals surface area contributed by atoms with Crippen molar-refractivity contribution < 1.29 is 18.3 Å². The van der Waals surface area contributed by atoms with Crippen LogP contribution in [0.4, 0.5) is 13.2 Å². The zero-order chi connectivity index (χ0) is 13.1. The molecule has 96 valence electrons. The summed E-state index contributed by atoms with van der Waals surface area (Å²) in [6, 6.07) is 3.96. The molecule has 0 fully saturated rings. The smallest absolute Gasteiger partial charge is 0.282 e. The summed E-state index contributed by atoms with van der Waals surface area (Å²) in [5.41, 5.74) is 0.687. The fraction of sp³-hybridized carbons (Fsp3) is 0.455. The number of aliphatic hydroxyl groups excluding tert-OH is 1. The third-order valence-electron chi connectivity index (χ3n) is 2.34. The summed E-state index contributed by atoms with van der Waals surface area (Å²) in [4.78, 5) is 0. The van der Waals surface area contributed by atoms with Crippen molar-refractivity contribution in [3.05, 3.63) is 34.1 Å². The Kier molecular flexibility index (Phi) is 4.97. The van der Waals surface area contributed by atoms with Gasteiger partial charge in [0, 0.05) is 6.04 Å². The number of benzene rings is 1. The molecule has 0 spiro atoms. The van der Waals surface area contributed by atoms with Crippen molar-refractivity contribution in [2.75, 3.05) is 13.2 Å². The van der Waals surface area contributed by atoms with Gasteiger partial charge < -0.3 is 10.4 Å². The van der Waals surface area contributed by atoms with E-state index >= 15 is 0 Å². The quantitative estimate of drug-likeness (QED) is 0.876. The first kappa shape index (κ1) is 14.5. The van der Waals surface area contributed by atoms with Gasteiger partial charge in [-0.2, -0.15) is 0 Å². The van der Waals surface area contributed by atoms with E-state index in [-0.39, 0.29) is 10.5 Å². The van der Waals surface area contributed by atoms with E-state index in [1.807, 2.05) is 0 Å². The summed E-state index contributed by atoms with van der Waals surface area (Å²) in [5.74, 6) is -3.55. The zero-order valence-corrected chi connectivity index (χ0v) is 10.8. The van der Waals surface area contributed by atoms with Crippen LogP contribution in [0.3, 0.4) is 0 Å². The van der Waals surface area contributed by atoms with Gasteiger partial charge in [0.15, 0.2) is 0 Å². The molecule has 2 nitrogen and oxygen atoms in total. The lowest BCUT2D eigenvalue weighted by Gasteiger charge is -2.19. The molecule has 0 amide bonds. The Morgan fingerprint density at radius 2 is 2.12 bits per heavy atom. The lowest BCUT2D eigenvalue weighted by molar-refractivity contribution is -0.0490. The second-order valence-corrected chi connectivity index (χ2v) is 4.64. The minimum absolute atomic E-state index is 0.289. The number of rotatable bonds is 5. The Balaban J connectivity index is 2.64. The van der Waals surface area contributed by atoms with Crippen LogP contribution >= 0.6 is 15.9 Å². The Labute approximate surface area is 106 Å². The van der Waals surface area contributed by atoms with Crippen molar-refractivity contribution in [3.63, 3.8) is 0 Å². The second kappa shape index (κ2) is 5.84. The van der Waals surface area contributed by atoms with E-state index in [1.165, 1.54) is 18.2 Å². The van der Waals surface area contributed by atoms with Gasteiger partial charge in [0.05, 0.1) is 11.0 Å². The van der Waals surface area contributed by atoms with E-state index in [1.54, 1.807) is 6.92 Å². The van der Waals surface area contributed by atoms with Crippen LogP contribution in [0.25, 0.3) is 0 Å². The molecule has 1 aromatic carbocycles. The largest absolute Gasteiger partial charge is 0.390 e. The lowest BCUT2D eigenvalue weighted by atomic mass is 10.1. The number of hydrogen-bond acceptors (Lipinski definition) is 2. The van der Waals surface area contributed by atoms with Crippen molar-refractivity contribution in [2.24, 2.45) is 0 Å². The molecule has 0 aliphatic rings. The first-order chi connectivity index (χ1) is 7.85. The van der Waals surface area contributed by atoms with Crippen LogP contribution in [0, 0.1) is 5.82 Å². The highest BCUT2D eigenvalue weighted by Gasteiger charge is 2.27. The van der Waals surface area contributed by atoms with Gasteiger partial charge in [-0.05, 0) is 40.5 Å². The van der Waals surface area contributed by atoms with Crippen LogP contribution in [-0.4, -0.2) is 24.2 Å². The van der Waals surface area contributed by atoms with Gasteiger partial charge in [0.25, 0.3) is 5.92 Å². The SMILES string of the molecule is CC(NCC(F)(F)CO)c1ccc(F)c(Br)c1. The highest BCUT2D eigenvalue weighted by molar-refractivity contribution is 9.10. The van der Waals surface area contributed by atoms with E-state index in [2.05, 4.69) is 21.2 Å². The van der Waals surface area contributed by atoms with Gasteiger partial charge >= 0.3 is 0 Å². The first-order valence-corrected chi connectivity index (χ1v) is 5.82. The summed E-state index contributed by atoms with van der Waals surface area (Å²) in [6.07, 6.45) is 0. The first-order valence-electron chi connectivity index (χ1n) is 5.03. The molecule has 0 aromatic heterocycles. The standard InChI is InChI=1S/C11H13BrF3NO/c1-7(16-5-11(14,15)6-17)8-2-3-10(13)9(12)4-8/h2-4,7,16-17H,5-6H2,1H3. The number of nitrogens with one attached hydrogen (secondary N) is 1. The van der Waals surface area contributed by atoms with Gasteiger partial charge in [0.1, 0.15) is 12.4 Å². The van der Waals surface area contributed by atoms with E-state index in [9.17, 15) is 13.2 Å². The number of aliphatic hydroxyl groups is 1. The predicted octanol–water partition coefficient (Wildman–Crippen LogP) is 2.87. The molecule has 6 heteroatoms. The molecule has 0 bridgehead atoms. The van der Waals surface area contributed by atoms with Gasteiger partial charge in [-0.15, -0.1) is 0 Å². The summed E-state index contributed by atoms with van der Waals surface area (Å²) in [5, 5.41) is 11.0. The highest BCUT2D eigenvalue weighted by Crippen LogP contribution is 2.22. The molecule has 0 saturated heterocycles. The molecule has 1 unspecified atom stereocenters. The van der Waals surface area contributed by atoms with Gasteiger partial charge in [-0.25, -0.2) is 13.2 Å². The Morgan fingerprint density at radius 3 is 2.65 bits per heavy atom. The van der Waals surface area contributed by atoms with Gasteiger partial charge in [-0.1, -0.05) is 6.07 Å². The Morgan fingerprint density at radius 1 is 1.47 bits per heavy atom. The average molecular weight is 312 g/mol. The third kappa shape index (κ3) is 4.29. The van der Waals surface area contributed by atoms with Crippen LogP contribution in [0.15, 0.2) is 22.7 Å². The van der Waals surface area contributed by atoms with E-state index in [0.29, 0.717) is 5.56 Å². The van der Waals surface area contributed by atoms with Crippen molar-refractivity contribution in [1.82, 2.24) is 5.32 Å². The molecule has 17 heavy (non-hydrogen) atoms.